The smallest absolute Gasteiger partial charge is 0.0901 e. The van der Waals surface area contributed by atoms with Gasteiger partial charge in [0.2, 0.25) is 0 Å². The van der Waals surface area contributed by atoms with Gasteiger partial charge in [0, 0.05) is 6.54 Å². The maximum absolute atomic E-state index is 6.18. The van der Waals surface area contributed by atoms with Gasteiger partial charge in [-0.05, 0) is 46.5 Å². The number of hydrogen-bond acceptors (Lipinski definition) is 4. The number of aryl methyl sites for hydroxylation is 1. The zero-order valence-electron chi connectivity index (χ0n) is 9.15. The highest BCUT2D eigenvalue weighted by molar-refractivity contribution is 14.1. The average Bonchev–Trinajstić information content (AvgIpc) is 2.89. The van der Waals surface area contributed by atoms with E-state index >= 15 is 0 Å². The Hall–Kier alpha value is -0.150. The lowest BCUT2D eigenvalue weighted by molar-refractivity contribution is 0.544. The summed E-state index contributed by atoms with van der Waals surface area (Å²) in [5, 5.41) is 6.94. The van der Waals surface area contributed by atoms with Crippen molar-refractivity contribution in [1.82, 2.24) is 15.2 Å². The normalized spacial score (nSPS) is 12.9. The average molecular weight is 383 g/mol. The Labute approximate surface area is 122 Å². The van der Waals surface area contributed by atoms with E-state index < -0.39 is 0 Å². The quantitative estimate of drug-likeness (QED) is 0.486. The lowest BCUT2D eigenvalue weighted by Gasteiger charge is -2.16. The van der Waals surface area contributed by atoms with Crippen molar-refractivity contribution in [3.8, 4) is 0 Å². The predicted molar refractivity (Wildman–Crippen MR) is 79.1 cm³/mol. The molecule has 0 radical (unpaired) electrons. The SMILES string of the molecule is CCn1ncc(Cl)c1C(NN)c1csc(I)c1. The van der Waals surface area contributed by atoms with E-state index in [1.807, 2.05) is 11.6 Å². The number of nitrogens with two attached hydrogens (primary N) is 1. The Morgan fingerprint density at radius 2 is 2.47 bits per heavy atom. The van der Waals surface area contributed by atoms with E-state index in [1.54, 1.807) is 17.5 Å². The molecule has 2 aromatic heterocycles. The Kier molecular flexibility index (Phi) is 4.42. The summed E-state index contributed by atoms with van der Waals surface area (Å²) in [6, 6.07) is 1.98. The van der Waals surface area contributed by atoms with E-state index in [9.17, 15) is 0 Å². The van der Waals surface area contributed by atoms with Gasteiger partial charge < -0.3 is 0 Å². The van der Waals surface area contributed by atoms with Crippen LogP contribution in [0.3, 0.4) is 0 Å². The number of rotatable bonds is 4. The first-order chi connectivity index (χ1) is 8.17. The first-order valence-electron chi connectivity index (χ1n) is 5.08. The summed E-state index contributed by atoms with van der Waals surface area (Å²) >= 11 is 10.1. The Balaban J connectivity index is 2.44. The standard InChI is InChI=1S/C10H12ClIN4S/c1-2-16-10(7(11)4-14-16)9(15-13)6-3-8(12)17-5-6/h3-5,9,15H,2,13H2,1H3. The van der Waals surface area contributed by atoms with Crippen LogP contribution in [0.15, 0.2) is 17.6 Å². The monoisotopic (exact) mass is 382 g/mol. The zero-order valence-corrected chi connectivity index (χ0v) is 12.9. The van der Waals surface area contributed by atoms with Gasteiger partial charge in [0.25, 0.3) is 0 Å². The molecule has 0 aliphatic rings. The number of hydrogen-bond donors (Lipinski definition) is 2. The van der Waals surface area contributed by atoms with Crippen LogP contribution in [0.2, 0.25) is 5.02 Å². The molecule has 0 saturated heterocycles. The number of nitrogens with one attached hydrogen (secondary N) is 1. The van der Waals surface area contributed by atoms with Crippen LogP contribution >= 0.6 is 45.5 Å². The summed E-state index contributed by atoms with van der Waals surface area (Å²) in [4.78, 5) is 0. The fourth-order valence-electron chi connectivity index (χ4n) is 1.72. The predicted octanol–water partition coefficient (Wildman–Crippen LogP) is 2.78. The highest BCUT2D eigenvalue weighted by atomic mass is 127. The summed E-state index contributed by atoms with van der Waals surface area (Å²) in [6.07, 6.45) is 1.65. The number of hydrazine groups is 1. The van der Waals surface area contributed by atoms with Gasteiger partial charge >= 0.3 is 0 Å². The molecule has 0 saturated carbocycles. The van der Waals surface area contributed by atoms with E-state index in [0.717, 1.165) is 17.8 Å². The molecule has 2 heterocycles. The molecule has 2 rings (SSSR count). The summed E-state index contributed by atoms with van der Waals surface area (Å²) in [5.74, 6) is 5.65. The van der Waals surface area contributed by atoms with Crippen LogP contribution in [-0.4, -0.2) is 9.78 Å². The van der Waals surface area contributed by atoms with Crippen LogP contribution in [0.1, 0.15) is 24.2 Å². The number of aromatic nitrogens is 2. The molecule has 1 atom stereocenters. The molecular formula is C10H12ClIN4S. The first-order valence-corrected chi connectivity index (χ1v) is 7.42. The lowest BCUT2D eigenvalue weighted by atomic mass is 10.1. The van der Waals surface area contributed by atoms with Crippen molar-refractivity contribution in [2.24, 2.45) is 5.84 Å². The Morgan fingerprint density at radius 1 is 1.71 bits per heavy atom. The van der Waals surface area contributed by atoms with Crippen LogP contribution in [0, 0.1) is 2.88 Å². The molecule has 0 fully saturated rings. The van der Waals surface area contributed by atoms with Gasteiger partial charge in [0.15, 0.2) is 0 Å². The van der Waals surface area contributed by atoms with Crippen molar-refractivity contribution in [1.29, 1.82) is 0 Å². The number of halogens is 2. The summed E-state index contributed by atoms with van der Waals surface area (Å²) < 4.78 is 3.08. The van der Waals surface area contributed by atoms with Crippen molar-refractivity contribution < 1.29 is 0 Å². The third-order valence-corrected chi connectivity index (χ3v) is 4.59. The molecule has 0 amide bonds. The molecule has 17 heavy (non-hydrogen) atoms. The third kappa shape index (κ3) is 2.65. The minimum atomic E-state index is -0.121. The maximum Gasteiger partial charge on any atom is 0.0901 e. The van der Waals surface area contributed by atoms with Gasteiger partial charge in [-0.1, -0.05) is 11.6 Å². The number of nitrogens with zero attached hydrogens (tertiary/aromatic N) is 2. The van der Waals surface area contributed by atoms with E-state index in [1.165, 1.54) is 2.88 Å². The van der Waals surface area contributed by atoms with Crippen molar-refractivity contribution in [2.75, 3.05) is 0 Å². The van der Waals surface area contributed by atoms with Crippen molar-refractivity contribution >= 4 is 45.5 Å². The fourth-order valence-corrected chi connectivity index (χ4v) is 3.37. The van der Waals surface area contributed by atoms with E-state index in [0.29, 0.717) is 5.02 Å². The van der Waals surface area contributed by atoms with Crippen molar-refractivity contribution in [3.05, 3.63) is 36.8 Å². The molecular weight excluding hydrogens is 371 g/mol. The lowest BCUT2D eigenvalue weighted by Crippen LogP contribution is -2.30. The van der Waals surface area contributed by atoms with Crippen LogP contribution in [0.4, 0.5) is 0 Å². The first kappa shape index (κ1) is 13.3. The van der Waals surface area contributed by atoms with Crippen molar-refractivity contribution in [3.63, 3.8) is 0 Å². The Morgan fingerprint density at radius 3 is 3.00 bits per heavy atom. The van der Waals surface area contributed by atoms with Crippen molar-refractivity contribution in [2.45, 2.75) is 19.5 Å². The minimum Gasteiger partial charge on any atom is -0.271 e. The van der Waals surface area contributed by atoms with Crippen LogP contribution < -0.4 is 11.3 Å². The summed E-state index contributed by atoms with van der Waals surface area (Å²) in [5.41, 5.74) is 4.83. The molecule has 3 N–H and O–H groups in total. The summed E-state index contributed by atoms with van der Waals surface area (Å²) in [6.45, 7) is 2.79. The largest absolute Gasteiger partial charge is 0.271 e. The Bertz CT molecular complexity index is 510. The molecule has 0 bridgehead atoms. The zero-order chi connectivity index (χ0) is 12.4. The topological polar surface area (TPSA) is 55.9 Å². The highest BCUT2D eigenvalue weighted by Gasteiger charge is 2.21. The van der Waals surface area contributed by atoms with Gasteiger partial charge in [-0.15, -0.1) is 11.3 Å². The van der Waals surface area contributed by atoms with E-state index in [2.05, 4.69) is 44.6 Å². The molecule has 0 spiro atoms. The highest BCUT2D eigenvalue weighted by Crippen LogP contribution is 2.30. The molecule has 1 unspecified atom stereocenters. The second-order valence-corrected chi connectivity index (χ2v) is 6.69. The molecule has 92 valence electrons. The van der Waals surface area contributed by atoms with Gasteiger partial charge in [-0.2, -0.15) is 5.10 Å². The third-order valence-electron chi connectivity index (χ3n) is 2.49. The van der Waals surface area contributed by atoms with E-state index in [4.69, 9.17) is 17.4 Å². The van der Waals surface area contributed by atoms with Gasteiger partial charge in [-0.3, -0.25) is 10.5 Å². The second-order valence-electron chi connectivity index (χ2n) is 3.48. The van der Waals surface area contributed by atoms with Gasteiger partial charge in [-0.25, -0.2) is 5.43 Å². The maximum atomic E-state index is 6.18. The molecule has 7 heteroatoms. The van der Waals surface area contributed by atoms with E-state index in [-0.39, 0.29) is 6.04 Å². The van der Waals surface area contributed by atoms with Gasteiger partial charge in [0.1, 0.15) is 0 Å². The molecule has 0 aromatic carbocycles. The molecule has 2 aromatic rings. The van der Waals surface area contributed by atoms with Crippen LogP contribution in [-0.2, 0) is 6.54 Å². The number of thiophene rings is 1. The van der Waals surface area contributed by atoms with Crippen LogP contribution in [0.25, 0.3) is 0 Å². The minimum absolute atomic E-state index is 0.121. The molecule has 0 aliphatic heterocycles. The van der Waals surface area contributed by atoms with Gasteiger partial charge in [0.05, 0.1) is 25.8 Å². The summed E-state index contributed by atoms with van der Waals surface area (Å²) in [7, 11) is 0. The second kappa shape index (κ2) is 5.66. The van der Waals surface area contributed by atoms with Crippen LogP contribution in [0.5, 0.6) is 0 Å². The molecule has 0 aliphatic carbocycles. The fraction of sp³-hybridized carbons (Fsp3) is 0.300. The molecule has 4 nitrogen and oxygen atoms in total.